The molecule has 3 atom stereocenters. The summed E-state index contributed by atoms with van der Waals surface area (Å²) < 4.78 is 5.96. The van der Waals surface area contributed by atoms with E-state index in [0.29, 0.717) is 29.7 Å². The minimum Gasteiger partial charge on any atom is -0.371 e. The Bertz CT molecular complexity index is 394. The highest BCUT2D eigenvalue weighted by atomic mass is 35.5. The van der Waals surface area contributed by atoms with Crippen LogP contribution in [0.1, 0.15) is 50.8 Å². The van der Waals surface area contributed by atoms with Crippen LogP contribution in [-0.4, -0.2) is 11.1 Å². The fourth-order valence-corrected chi connectivity index (χ4v) is 2.95. The Labute approximate surface area is 108 Å². The van der Waals surface area contributed by atoms with Crippen molar-refractivity contribution < 1.29 is 4.74 Å². The first kappa shape index (κ1) is 12.8. The van der Waals surface area contributed by atoms with Crippen molar-refractivity contribution >= 4 is 11.6 Å². The molecule has 0 bridgehead atoms. The molecule has 1 aliphatic rings. The van der Waals surface area contributed by atoms with Crippen LogP contribution in [0.5, 0.6) is 0 Å². The lowest BCUT2D eigenvalue weighted by Crippen LogP contribution is -2.32. The zero-order chi connectivity index (χ0) is 12.4. The zero-order valence-electron chi connectivity index (χ0n) is 10.7. The first-order valence-electron chi connectivity index (χ1n) is 6.40. The maximum atomic E-state index is 5.96. The van der Waals surface area contributed by atoms with E-state index in [2.05, 4.69) is 31.8 Å². The highest BCUT2D eigenvalue weighted by Gasteiger charge is 2.31. The highest BCUT2D eigenvalue weighted by molar-refractivity contribution is 6.29. The van der Waals surface area contributed by atoms with Gasteiger partial charge in [-0.2, -0.15) is 0 Å². The van der Waals surface area contributed by atoms with E-state index in [1.165, 1.54) is 18.4 Å². The van der Waals surface area contributed by atoms with Crippen molar-refractivity contribution in [3.05, 3.63) is 28.5 Å². The predicted molar refractivity (Wildman–Crippen MR) is 70.3 cm³/mol. The molecule has 0 unspecified atom stereocenters. The maximum absolute atomic E-state index is 5.96. The lowest BCUT2D eigenvalue weighted by atomic mass is 9.83. The molecule has 0 spiro atoms. The van der Waals surface area contributed by atoms with Gasteiger partial charge in [0.25, 0.3) is 0 Å². The molecule has 2 nitrogen and oxygen atoms in total. The Morgan fingerprint density at radius 3 is 3.00 bits per heavy atom. The van der Waals surface area contributed by atoms with Gasteiger partial charge in [-0.15, -0.1) is 0 Å². The Morgan fingerprint density at radius 2 is 2.29 bits per heavy atom. The monoisotopic (exact) mass is 253 g/mol. The smallest absolute Gasteiger partial charge is 0.129 e. The van der Waals surface area contributed by atoms with Crippen molar-refractivity contribution in [1.29, 1.82) is 0 Å². The van der Waals surface area contributed by atoms with Gasteiger partial charge in [0.05, 0.1) is 18.4 Å². The average Bonchev–Trinajstić information content (AvgIpc) is 2.29. The van der Waals surface area contributed by atoms with Gasteiger partial charge in [-0.3, -0.25) is 0 Å². The van der Waals surface area contributed by atoms with Gasteiger partial charge in [0.2, 0.25) is 0 Å². The van der Waals surface area contributed by atoms with E-state index < -0.39 is 0 Å². The standard InChI is InChI=1S/C14H20ClNO/c1-4-5-9(2)14-10(3)11-6-7-13(15)16-12(11)8-17-14/h6-7,9-10,14H,4-5,8H2,1-3H3/t9-,10-,14-/m0/s1. The molecule has 0 N–H and O–H groups in total. The Balaban J connectivity index is 2.21. The number of halogens is 1. The number of hydrogen-bond donors (Lipinski definition) is 0. The van der Waals surface area contributed by atoms with Crippen LogP contribution in [0.2, 0.25) is 5.15 Å². The number of fused-ring (bicyclic) bond motifs is 1. The van der Waals surface area contributed by atoms with Crippen molar-refractivity contribution in [2.75, 3.05) is 0 Å². The third kappa shape index (κ3) is 2.63. The van der Waals surface area contributed by atoms with Crippen molar-refractivity contribution in [2.45, 2.75) is 52.2 Å². The third-order valence-corrected chi connectivity index (χ3v) is 3.89. The summed E-state index contributed by atoms with van der Waals surface area (Å²) in [6.07, 6.45) is 2.73. The van der Waals surface area contributed by atoms with Gasteiger partial charge in [-0.05, 0) is 24.0 Å². The van der Waals surface area contributed by atoms with Gasteiger partial charge < -0.3 is 4.74 Å². The van der Waals surface area contributed by atoms with Gasteiger partial charge in [0, 0.05) is 5.92 Å². The molecular weight excluding hydrogens is 234 g/mol. The van der Waals surface area contributed by atoms with Gasteiger partial charge in [-0.25, -0.2) is 4.98 Å². The van der Waals surface area contributed by atoms with Crippen LogP contribution in [-0.2, 0) is 11.3 Å². The van der Waals surface area contributed by atoms with Crippen molar-refractivity contribution in [3.63, 3.8) is 0 Å². The summed E-state index contributed by atoms with van der Waals surface area (Å²) in [7, 11) is 0. The Hall–Kier alpha value is -0.600. The minimum atomic E-state index is 0.311. The molecule has 1 aromatic rings. The molecule has 2 heterocycles. The van der Waals surface area contributed by atoms with E-state index >= 15 is 0 Å². The average molecular weight is 254 g/mol. The lowest BCUT2D eigenvalue weighted by molar-refractivity contribution is -0.0256. The second-order valence-corrected chi connectivity index (χ2v) is 5.39. The number of hydrogen-bond acceptors (Lipinski definition) is 2. The normalized spacial score (nSPS) is 25.4. The van der Waals surface area contributed by atoms with Crippen LogP contribution in [0.4, 0.5) is 0 Å². The van der Waals surface area contributed by atoms with Crippen molar-refractivity contribution in [1.82, 2.24) is 4.98 Å². The summed E-state index contributed by atoms with van der Waals surface area (Å²) in [5.74, 6) is 1.00. The summed E-state index contributed by atoms with van der Waals surface area (Å²) in [6, 6.07) is 3.98. The van der Waals surface area contributed by atoms with E-state index in [1.54, 1.807) is 0 Å². The summed E-state index contributed by atoms with van der Waals surface area (Å²) >= 11 is 5.91. The van der Waals surface area contributed by atoms with Crippen molar-refractivity contribution in [2.24, 2.45) is 5.92 Å². The molecular formula is C14H20ClNO. The fourth-order valence-electron chi connectivity index (χ4n) is 2.79. The first-order valence-corrected chi connectivity index (χ1v) is 6.78. The largest absolute Gasteiger partial charge is 0.371 e. The van der Waals surface area contributed by atoms with Gasteiger partial charge in [0.1, 0.15) is 5.15 Å². The van der Waals surface area contributed by atoms with E-state index in [-0.39, 0.29) is 0 Å². The topological polar surface area (TPSA) is 22.1 Å². The van der Waals surface area contributed by atoms with Crippen LogP contribution in [0.25, 0.3) is 0 Å². The number of aromatic nitrogens is 1. The van der Waals surface area contributed by atoms with Crippen molar-refractivity contribution in [3.8, 4) is 0 Å². The summed E-state index contributed by atoms with van der Waals surface area (Å²) in [6.45, 7) is 7.32. The number of nitrogens with zero attached hydrogens (tertiary/aromatic N) is 1. The second-order valence-electron chi connectivity index (χ2n) is 5.00. The molecule has 1 aliphatic heterocycles. The second kappa shape index (κ2) is 5.36. The van der Waals surface area contributed by atoms with E-state index in [4.69, 9.17) is 16.3 Å². The first-order chi connectivity index (χ1) is 8.13. The van der Waals surface area contributed by atoms with Gasteiger partial charge >= 0.3 is 0 Å². The molecule has 0 fully saturated rings. The van der Waals surface area contributed by atoms with Crippen LogP contribution in [0.15, 0.2) is 12.1 Å². The molecule has 0 radical (unpaired) electrons. The molecule has 0 saturated carbocycles. The van der Waals surface area contributed by atoms with E-state index in [9.17, 15) is 0 Å². The quantitative estimate of drug-likeness (QED) is 0.754. The molecule has 0 amide bonds. The Kier molecular flexibility index (Phi) is 4.05. The SMILES string of the molecule is CCC[C@H](C)[C@@H]1OCc2nc(Cl)ccc2[C@@H]1C. The van der Waals surface area contributed by atoms with E-state index in [0.717, 1.165) is 5.69 Å². The molecule has 17 heavy (non-hydrogen) atoms. The minimum absolute atomic E-state index is 0.311. The lowest BCUT2D eigenvalue weighted by Gasteiger charge is -2.34. The molecule has 0 aromatic carbocycles. The fraction of sp³-hybridized carbons (Fsp3) is 0.643. The van der Waals surface area contributed by atoms with E-state index in [1.807, 2.05) is 6.07 Å². The number of ether oxygens (including phenoxy) is 1. The number of rotatable bonds is 3. The molecule has 1 aromatic heterocycles. The summed E-state index contributed by atoms with van der Waals surface area (Å²) in [5, 5.41) is 0.555. The van der Waals surface area contributed by atoms with Gasteiger partial charge in [-0.1, -0.05) is 44.9 Å². The number of pyridine rings is 1. The Morgan fingerprint density at radius 1 is 1.53 bits per heavy atom. The molecule has 94 valence electrons. The van der Waals surface area contributed by atoms with Crippen LogP contribution in [0, 0.1) is 5.92 Å². The zero-order valence-corrected chi connectivity index (χ0v) is 11.5. The maximum Gasteiger partial charge on any atom is 0.129 e. The molecule has 3 heteroatoms. The highest BCUT2D eigenvalue weighted by Crippen LogP contribution is 2.35. The van der Waals surface area contributed by atoms with Crippen LogP contribution >= 0.6 is 11.6 Å². The van der Waals surface area contributed by atoms with Crippen LogP contribution < -0.4 is 0 Å². The van der Waals surface area contributed by atoms with Gasteiger partial charge in [0.15, 0.2) is 0 Å². The molecule has 2 rings (SSSR count). The molecule has 0 saturated heterocycles. The molecule has 0 aliphatic carbocycles. The third-order valence-electron chi connectivity index (χ3n) is 3.68. The van der Waals surface area contributed by atoms with Crippen LogP contribution in [0.3, 0.4) is 0 Å². The summed E-state index contributed by atoms with van der Waals surface area (Å²) in [5.41, 5.74) is 2.30. The predicted octanol–water partition coefficient (Wildman–Crippen LogP) is 4.17. The summed E-state index contributed by atoms with van der Waals surface area (Å²) in [4.78, 5) is 4.34.